The van der Waals surface area contributed by atoms with Gasteiger partial charge in [-0.1, -0.05) is 12.1 Å². The molecule has 0 aliphatic carbocycles. The van der Waals surface area contributed by atoms with Crippen LogP contribution in [0.2, 0.25) is 0 Å². The Hall–Kier alpha value is -2.93. The van der Waals surface area contributed by atoms with Crippen LogP contribution in [0.25, 0.3) is 0 Å². The molecule has 1 N–H and O–H groups in total. The molecule has 2 aromatic rings. The first-order valence-electron chi connectivity index (χ1n) is 10.0. The molecule has 3 rings (SSSR count). The lowest BCUT2D eigenvalue weighted by Crippen LogP contribution is -2.48. The van der Waals surface area contributed by atoms with Crippen molar-refractivity contribution >= 4 is 17.5 Å². The Morgan fingerprint density at radius 3 is 2.47 bits per heavy atom. The predicted octanol–water partition coefficient (Wildman–Crippen LogP) is 3.47. The zero-order valence-corrected chi connectivity index (χ0v) is 17.3. The Morgan fingerprint density at radius 2 is 1.83 bits per heavy atom. The smallest absolute Gasteiger partial charge is 0.227 e. The zero-order chi connectivity index (χ0) is 21.5. The molecular formula is C23H27FN2O4. The maximum absolute atomic E-state index is 13.5. The Kier molecular flexibility index (Phi) is 7.41. The topological polar surface area (TPSA) is 67.9 Å². The van der Waals surface area contributed by atoms with E-state index in [9.17, 15) is 14.0 Å². The van der Waals surface area contributed by atoms with Crippen LogP contribution >= 0.6 is 0 Å². The van der Waals surface area contributed by atoms with Crippen molar-refractivity contribution in [1.82, 2.24) is 5.32 Å². The molecule has 0 spiro atoms. The molecule has 1 fully saturated rings. The van der Waals surface area contributed by atoms with Gasteiger partial charge in [-0.25, -0.2) is 4.39 Å². The van der Waals surface area contributed by atoms with E-state index in [2.05, 4.69) is 5.32 Å². The van der Waals surface area contributed by atoms with Crippen LogP contribution in [0.5, 0.6) is 5.75 Å². The van der Waals surface area contributed by atoms with Crippen LogP contribution in [0, 0.1) is 11.7 Å². The Balaban J connectivity index is 1.94. The van der Waals surface area contributed by atoms with Crippen molar-refractivity contribution in [3.8, 4) is 5.75 Å². The normalized spacial score (nSPS) is 18.9. The molecule has 30 heavy (non-hydrogen) atoms. The molecule has 2 amide bonds. The largest absolute Gasteiger partial charge is 0.497 e. The van der Waals surface area contributed by atoms with Crippen LogP contribution in [0.15, 0.2) is 48.5 Å². The van der Waals surface area contributed by atoms with Crippen LogP contribution < -0.4 is 15.0 Å². The first-order chi connectivity index (χ1) is 14.5. The monoisotopic (exact) mass is 414 g/mol. The van der Waals surface area contributed by atoms with Crippen LogP contribution in [-0.4, -0.2) is 39.2 Å². The van der Waals surface area contributed by atoms with Crippen molar-refractivity contribution in [3.63, 3.8) is 0 Å². The molecule has 2 unspecified atom stereocenters. The number of halogens is 1. The summed E-state index contributed by atoms with van der Waals surface area (Å²) in [6.07, 6.45) is 1.40. The quantitative estimate of drug-likeness (QED) is 0.672. The van der Waals surface area contributed by atoms with Gasteiger partial charge in [0.25, 0.3) is 0 Å². The number of ether oxygens (including phenoxy) is 2. The van der Waals surface area contributed by atoms with Gasteiger partial charge in [0.2, 0.25) is 11.8 Å². The highest BCUT2D eigenvalue weighted by molar-refractivity contribution is 5.97. The van der Waals surface area contributed by atoms with E-state index in [0.29, 0.717) is 37.4 Å². The summed E-state index contributed by atoms with van der Waals surface area (Å²) in [6, 6.07) is 12.6. The Labute approximate surface area is 176 Å². The van der Waals surface area contributed by atoms with Gasteiger partial charge in [0.1, 0.15) is 11.6 Å². The fourth-order valence-corrected chi connectivity index (χ4v) is 3.81. The number of anilines is 1. The van der Waals surface area contributed by atoms with Gasteiger partial charge in [0.15, 0.2) is 0 Å². The van der Waals surface area contributed by atoms with Crippen molar-refractivity contribution < 1.29 is 23.5 Å². The van der Waals surface area contributed by atoms with Crippen molar-refractivity contribution in [2.45, 2.75) is 25.3 Å². The summed E-state index contributed by atoms with van der Waals surface area (Å²) in [7, 11) is 3.19. The first-order valence-corrected chi connectivity index (χ1v) is 10.0. The van der Waals surface area contributed by atoms with Crippen LogP contribution in [0.3, 0.4) is 0 Å². The first kappa shape index (κ1) is 21.8. The number of benzene rings is 2. The van der Waals surface area contributed by atoms with E-state index in [1.54, 1.807) is 55.5 Å². The molecule has 0 aromatic heterocycles. The van der Waals surface area contributed by atoms with E-state index >= 15 is 0 Å². The van der Waals surface area contributed by atoms with Crippen molar-refractivity contribution in [2.75, 3.05) is 32.3 Å². The number of piperidine rings is 1. The van der Waals surface area contributed by atoms with Crippen LogP contribution in [0.4, 0.5) is 10.1 Å². The molecule has 7 heteroatoms. The van der Waals surface area contributed by atoms with Gasteiger partial charge in [-0.2, -0.15) is 0 Å². The molecular weight excluding hydrogens is 387 g/mol. The van der Waals surface area contributed by atoms with Gasteiger partial charge in [-0.05, 0) is 54.8 Å². The number of nitrogens with zero attached hydrogens (tertiary/aromatic N) is 1. The molecule has 1 heterocycles. The minimum absolute atomic E-state index is 0.0714. The average Bonchev–Trinajstić information content (AvgIpc) is 2.77. The summed E-state index contributed by atoms with van der Waals surface area (Å²) in [6.45, 7) is 1.05. The molecule has 6 nitrogen and oxygen atoms in total. The summed E-state index contributed by atoms with van der Waals surface area (Å²) in [5.74, 6) is -0.325. The number of hydrogen-bond acceptors (Lipinski definition) is 4. The highest BCUT2D eigenvalue weighted by atomic mass is 19.1. The molecule has 1 aliphatic heterocycles. The summed E-state index contributed by atoms with van der Waals surface area (Å²) >= 11 is 0. The lowest BCUT2D eigenvalue weighted by molar-refractivity contribution is -0.129. The number of amides is 2. The van der Waals surface area contributed by atoms with E-state index < -0.39 is 12.0 Å². The minimum atomic E-state index is -0.525. The van der Waals surface area contributed by atoms with Gasteiger partial charge in [-0.15, -0.1) is 0 Å². The van der Waals surface area contributed by atoms with Crippen molar-refractivity contribution in [3.05, 3.63) is 59.9 Å². The average molecular weight is 414 g/mol. The van der Waals surface area contributed by atoms with E-state index in [0.717, 1.165) is 5.56 Å². The summed E-state index contributed by atoms with van der Waals surface area (Å²) in [5.41, 5.74) is 1.39. The van der Waals surface area contributed by atoms with Gasteiger partial charge in [0, 0.05) is 32.4 Å². The Bertz CT molecular complexity index is 855. The maximum Gasteiger partial charge on any atom is 0.227 e. The second-order valence-electron chi connectivity index (χ2n) is 7.24. The van der Waals surface area contributed by atoms with Crippen molar-refractivity contribution in [1.29, 1.82) is 0 Å². The number of carbonyl (C=O) groups excluding carboxylic acids is 2. The van der Waals surface area contributed by atoms with Crippen LogP contribution in [-0.2, 0) is 14.3 Å². The van der Waals surface area contributed by atoms with Gasteiger partial charge in [0.05, 0.1) is 19.1 Å². The molecule has 1 aliphatic rings. The van der Waals surface area contributed by atoms with E-state index in [4.69, 9.17) is 9.47 Å². The third-order valence-corrected chi connectivity index (χ3v) is 5.32. The molecule has 0 bridgehead atoms. The highest BCUT2D eigenvalue weighted by Crippen LogP contribution is 2.40. The minimum Gasteiger partial charge on any atom is -0.497 e. The highest BCUT2D eigenvalue weighted by Gasteiger charge is 2.41. The SMILES string of the molecule is COCCCNC(=O)C1CCC(=O)N(c2ccc(OC)cc2)C1c1ccc(F)cc1. The summed E-state index contributed by atoms with van der Waals surface area (Å²) in [5, 5.41) is 2.95. The molecule has 0 radical (unpaired) electrons. The zero-order valence-electron chi connectivity index (χ0n) is 17.3. The number of rotatable bonds is 8. The summed E-state index contributed by atoms with van der Waals surface area (Å²) < 4.78 is 23.8. The van der Waals surface area contributed by atoms with Gasteiger partial charge >= 0.3 is 0 Å². The Morgan fingerprint density at radius 1 is 1.13 bits per heavy atom. The second-order valence-corrected chi connectivity index (χ2v) is 7.24. The third kappa shape index (κ3) is 4.97. The van der Waals surface area contributed by atoms with Gasteiger partial charge in [-0.3, -0.25) is 9.59 Å². The van der Waals surface area contributed by atoms with E-state index in [1.807, 2.05) is 0 Å². The fraction of sp³-hybridized carbons (Fsp3) is 0.391. The lowest BCUT2D eigenvalue weighted by Gasteiger charge is -2.41. The molecule has 1 saturated heterocycles. The second kappa shape index (κ2) is 10.2. The summed E-state index contributed by atoms with van der Waals surface area (Å²) in [4.78, 5) is 27.6. The fourth-order valence-electron chi connectivity index (χ4n) is 3.81. The van der Waals surface area contributed by atoms with E-state index in [-0.39, 0.29) is 24.1 Å². The molecule has 2 atom stereocenters. The molecule has 0 saturated carbocycles. The number of carbonyl (C=O) groups is 2. The molecule has 160 valence electrons. The van der Waals surface area contributed by atoms with Crippen LogP contribution in [0.1, 0.15) is 30.9 Å². The molecule has 2 aromatic carbocycles. The lowest BCUT2D eigenvalue weighted by atomic mass is 9.83. The van der Waals surface area contributed by atoms with E-state index in [1.165, 1.54) is 12.1 Å². The predicted molar refractivity (Wildman–Crippen MR) is 112 cm³/mol. The maximum atomic E-state index is 13.5. The third-order valence-electron chi connectivity index (χ3n) is 5.32. The van der Waals surface area contributed by atoms with Gasteiger partial charge < -0.3 is 19.7 Å². The number of nitrogens with one attached hydrogen (secondary N) is 1. The van der Waals surface area contributed by atoms with Crippen molar-refractivity contribution in [2.24, 2.45) is 5.92 Å². The number of methoxy groups -OCH3 is 2. The standard InChI is InChI=1S/C23H27FN2O4/c1-29-15-3-14-25-23(28)20-12-13-21(27)26(18-8-10-19(30-2)11-9-18)22(20)16-4-6-17(24)7-5-16/h4-11,20,22H,3,12-15H2,1-2H3,(H,25,28). The number of hydrogen-bond donors (Lipinski definition) is 1.